The SMILES string of the molecule is O=C(O)C(CCc1ccc(OCCC2=CCC=CC=C2)cc1)Oc1ccccc1. The van der Waals surface area contributed by atoms with Gasteiger partial charge in [0.2, 0.25) is 0 Å². The molecule has 0 saturated carbocycles. The number of hydrogen-bond donors (Lipinski definition) is 1. The van der Waals surface area contributed by atoms with Gasteiger partial charge >= 0.3 is 5.97 Å². The fourth-order valence-electron chi connectivity index (χ4n) is 3.04. The number of allylic oxidation sites excluding steroid dienone is 5. The minimum atomic E-state index is -0.953. The summed E-state index contributed by atoms with van der Waals surface area (Å²) in [6, 6.07) is 16.9. The molecule has 4 heteroatoms. The van der Waals surface area contributed by atoms with Gasteiger partial charge in [-0.2, -0.15) is 0 Å². The van der Waals surface area contributed by atoms with Crippen molar-refractivity contribution in [3.8, 4) is 11.5 Å². The van der Waals surface area contributed by atoms with E-state index in [1.165, 1.54) is 5.57 Å². The first-order valence-corrected chi connectivity index (χ1v) is 9.89. The van der Waals surface area contributed by atoms with Crippen LogP contribution in [0.5, 0.6) is 11.5 Å². The van der Waals surface area contributed by atoms with Crippen molar-refractivity contribution in [3.63, 3.8) is 0 Å². The van der Waals surface area contributed by atoms with E-state index in [0.29, 0.717) is 25.2 Å². The molecular weight excluding hydrogens is 364 g/mol. The molecule has 1 aliphatic rings. The van der Waals surface area contributed by atoms with Gasteiger partial charge in [0.05, 0.1) is 6.61 Å². The number of ether oxygens (including phenoxy) is 2. The Morgan fingerprint density at radius 2 is 1.76 bits per heavy atom. The molecule has 29 heavy (non-hydrogen) atoms. The van der Waals surface area contributed by atoms with Gasteiger partial charge in [-0.3, -0.25) is 0 Å². The van der Waals surface area contributed by atoms with Crippen LogP contribution in [-0.4, -0.2) is 23.8 Å². The normalized spacial score (nSPS) is 14.0. The van der Waals surface area contributed by atoms with Crippen LogP contribution in [0, 0.1) is 0 Å². The summed E-state index contributed by atoms with van der Waals surface area (Å²) in [4.78, 5) is 11.5. The second kappa shape index (κ2) is 10.9. The molecule has 2 aromatic rings. The van der Waals surface area contributed by atoms with Crippen molar-refractivity contribution in [2.24, 2.45) is 0 Å². The van der Waals surface area contributed by atoms with Crippen molar-refractivity contribution in [1.29, 1.82) is 0 Å². The number of aliphatic carboxylic acids is 1. The van der Waals surface area contributed by atoms with Crippen molar-refractivity contribution in [1.82, 2.24) is 0 Å². The quantitative estimate of drug-likeness (QED) is 0.593. The molecule has 0 aromatic heterocycles. The van der Waals surface area contributed by atoms with Crippen LogP contribution in [0.4, 0.5) is 0 Å². The van der Waals surface area contributed by atoms with E-state index in [1.807, 2.05) is 42.5 Å². The fourth-order valence-corrected chi connectivity index (χ4v) is 3.04. The molecular formula is C25H26O4. The number of carbonyl (C=O) groups is 1. The summed E-state index contributed by atoms with van der Waals surface area (Å²) >= 11 is 0. The van der Waals surface area contributed by atoms with Crippen LogP contribution in [0.25, 0.3) is 0 Å². The number of hydrogen-bond acceptors (Lipinski definition) is 3. The first kappa shape index (κ1) is 20.5. The average molecular weight is 390 g/mol. The van der Waals surface area contributed by atoms with E-state index in [1.54, 1.807) is 12.1 Å². The Hall–Kier alpha value is -3.27. The third-order valence-corrected chi connectivity index (χ3v) is 4.65. The molecule has 1 unspecified atom stereocenters. The van der Waals surface area contributed by atoms with Gasteiger partial charge in [0, 0.05) is 6.42 Å². The third kappa shape index (κ3) is 7.00. The molecule has 0 fully saturated rings. The lowest BCUT2D eigenvalue weighted by Gasteiger charge is -2.15. The highest BCUT2D eigenvalue weighted by Gasteiger charge is 2.19. The van der Waals surface area contributed by atoms with Gasteiger partial charge in [0.1, 0.15) is 11.5 Å². The van der Waals surface area contributed by atoms with Gasteiger partial charge in [-0.05, 0) is 54.7 Å². The molecule has 0 bridgehead atoms. The number of carboxylic acid groups (broad SMARTS) is 1. The summed E-state index contributed by atoms with van der Waals surface area (Å²) in [5, 5.41) is 9.42. The lowest BCUT2D eigenvalue weighted by atomic mass is 10.1. The minimum Gasteiger partial charge on any atom is -0.493 e. The molecule has 2 aromatic carbocycles. The maximum atomic E-state index is 11.5. The van der Waals surface area contributed by atoms with Crippen LogP contribution in [-0.2, 0) is 11.2 Å². The van der Waals surface area contributed by atoms with Crippen molar-refractivity contribution in [3.05, 3.63) is 96.1 Å². The summed E-state index contributed by atoms with van der Waals surface area (Å²) < 4.78 is 11.4. The van der Waals surface area contributed by atoms with Gasteiger partial charge in [-0.25, -0.2) is 4.79 Å². The lowest BCUT2D eigenvalue weighted by molar-refractivity contribution is -0.145. The smallest absolute Gasteiger partial charge is 0.344 e. The van der Waals surface area contributed by atoms with Crippen molar-refractivity contribution in [2.75, 3.05) is 6.61 Å². The molecule has 0 aliphatic heterocycles. The Morgan fingerprint density at radius 1 is 0.966 bits per heavy atom. The van der Waals surface area contributed by atoms with Gasteiger partial charge in [0.25, 0.3) is 0 Å². The second-order valence-corrected chi connectivity index (χ2v) is 6.84. The number of para-hydroxylation sites is 1. The van der Waals surface area contributed by atoms with E-state index in [4.69, 9.17) is 9.47 Å². The molecule has 3 rings (SSSR count). The molecule has 0 saturated heterocycles. The number of carboxylic acids is 1. The lowest BCUT2D eigenvalue weighted by Crippen LogP contribution is -2.27. The molecule has 0 radical (unpaired) electrons. The van der Waals surface area contributed by atoms with Gasteiger partial charge in [-0.1, -0.05) is 60.7 Å². The molecule has 1 N–H and O–H groups in total. The standard InChI is InChI=1S/C25H26O4/c26-25(27)24(29-23-10-6-3-7-11-23)17-14-21-12-15-22(16-13-21)28-19-18-20-8-4-1-2-5-9-20/h1-4,6-13,15-16,24H,5,14,17-19H2,(H,26,27). The number of benzene rings is 2. The molecule has 4 nitrogen and oxygen atoms in total. The zero-order valence-corrected chi connectivity index (χ0v) is 16.4. The molecule has 1 aliphatic carbocycles. The monoisotopic (exact) mass is 390 g/mol. The molecule has 0 heterocycles. The van der Waals surface area contributed by atoms with Crippen molar-refractivity contribution >= 4 is 5.97 Å². The highest BCUT2D eigenvalue weighted by Crippen LogP contribution is 2.18. The van der Waals surface area contributed by atoms with E-state index in [9.17, 15) is 9.90 Å². The van der Waals surface area contributed by atoms with Crippen molar-refractivity contribution < 1.29 is 19.4 Å². The van der Waals surface area contributed by atoms with Crippen LogP contribution < -0.4 is 9.47 Å². The Balaban J connectivity index is 1.45. The summed E-state index contributed by atoms with van der Waals surface area (Å²) in [5.74, 6) is 0.435. The largest absolute Gasteiger partial charge is 0.493 e. The maximum absolute atomic E-state index is 11.5. The van der Waals surface area contributed by atoms with Crippen LogP contribution >= 0.6 is 0 Å². The number of aryl methyl sites for hydroxylation is 1. The minimum absolute atomic E-state index is 0.402. The Bertz CT molecular complexity index is 863. The van der Waals surface area contributed by atoms with E-state index < -0.39 is 12.1 Å². The average Bonchev–Trinajstić information content (AvgIpc) is 3.01. The highest BCUT2D eigenvalue weighted by atomic mass is 16.5. The van der Waals surface area contributed by atoms with Crippen LogP contribution in [0.2, 0.25) is 0 Å². The van der Waals surface area contributed by atoms with E-state index in [2.05, 4.69) is 30.4 Å². The first-order valence-electron chi connectivity index (χ1n) is 9.89. The molecule has 1 atom stereocenters. The van der Waals surface area contributed by atoms with Gasteiger partial charge in [0.15, 0.2) is 6.10 Å². The van der Waals surface area contributed by atoms with Crippen LogP contribution in [0.3, 0.4) is 0 Å². The summed E-state index contributed by atoms with van der Waals surface area (Å²) in [6.45, 7) is 0.627. The zero-order valence-electron chi connectivity index (χ0n) is 16.4. The maximum Gasteiger partial charge on any atom is 0.344 e. The first-order chi connectivity index (χ1) is 14.2. The number of rotatable bonds is 10. The van der Waals surface area contributed by atoms with Crippen LogP contribution in [0.1, 0.15) is 24.8 Å². The molecule has 0 amide bonds. The van der Waals surface area contributed by atoms with E-state index >= 15 is 0 Å². The predicted molar refractivity (Wildman–Crippen MR) is 114 cm³/mol. The zero-order chi connectivity index (χ0) is 20.3. The Kier molecular flexibility index (Phi) is 7.70. The summed E-state index contributed by atoms with van der Waals surface area (Å²) in [7, 11) is 0. The van der Waals surface area contributed by atoms with Crippen LogP contribution in [0.15, 0.2) is 90.6 Å². The van der Waals surface area contributed by atoms with Gasteiger partial charge in [-0.15, -0.1) is 0 Å². The van der Waals surface area contributed by atoms with E-state index in [0.717, 1.165) is 24.2 Å². The van der Waals surface area contributed by atoms with Gasteiger partial charge < -0.3 is 14.6 Å². The highest BCUT2D eigenvalue weighted by molar-refractivity contribution is 5.72. The van der Waals surface area contributed by atoms with Crippen molar-refractivity contribution in [2.45, 2.75) is 31.8 Å². The predicted octanol–water partition coefficient (Wildman–Crippen LogP) is 5.36. The molecule has 150 valence electrons. The summed E-state index contributed by atoms with van der Waals surface area (Å²) in [6.07, 6.45) is 12.6. The second-order valence-electron chi connectivity index (χ2n) is 6.84. The molecule has 0 spiro atoms. The fraction of sp³-hybridized carbons (Fsp3) is 0.240. The Labute approximate surface area is 171 Å². The summed E-state index contributed by atoms with van der Waals surface area (Å²) in [5.41, 5.74) is 2.34. The Morgan fingerprint density at radius 3 is 2.52 bits per heavy atom. The topological polar surface area (TPSA) is 55.8 Å². The third-order valence-electron chi connectivity index (χ3n) is 4.65. The van der Waals surface area contributed by atoms with E-state index in [-0.39, 0.29) is 0 Å².